The summed E-state index contributed by atoms with van der Waals surface area (Å²) in [7, 11) is -0.0199. The highest BCUT2D eigenvalue weighted by Crippen LogP contribution is 2.32. The molecule has 1 aromatic heterocycles. The van der Waals surface area contributed by atoms with E-state index in [1.165, 1.54) is 0 Å². The highest BCUT2D eigenvalue weighted by atomic mass is 32.2. The number of ether oxygens (including phenoxy) is 1. The first-order chi connectivity index (χ1) is 13.4. The van der Waals surface area contributed by atoms with Crippen molar-refractivity contribution in [2.24, 2.45) is 5.41 Å². The van der Waals surface area contributed by atoms with Crippen LogP contribution in [0.25, 0.3) is 21.9 Å². The van der Waals surface area contributed by atoms with Gasteiger partial charge in [-0.1, -0.05) is 32.9 Å². The molecule has 1 saturated heterocycles. The molecule has 1 aliphatic rings. The van der Waals surface area contributed by atoms with Gasteiger partial charge in [-0.25, -0.2) is 0 Å². The maximum Gasteiger partial charge on any atom is 0.215 e. The van der Waals surface area contributed by atoms with Gasteiger partial charge < -0.3 is 9.15 Å². The molecule has 5 heteroatoms. The first kappa shape index (κ1) is 19.2. The van der Waals surface area contributed by atoms with E-state index >= 15 is 0 Å². The summed E-state index contributed by atoms with van der Waals surface area (Å²) in [5.41, 5.74) is 1.43. The normalized spacial score (nSPS) is 17.1. The fraction of sp³-hybridized carbons (Fsp3) is 0.391. The Kier molecular flexibility index (Phi) is 5.06. The molecule has 3 aromatic rings. The van der Waals surface area contributed by atoms with Crippen molar-refractivity contribution in [3.05, 3.63) is 58.3 Å². The second-order valence-electron chi connectivity index (χ2n) is 8.31. The van der Waals surface area contributed by atoms with Gasteiger partial charge in [0.15, 0.2) is 5.25 Å². The molecule has 1 aliphatic heterocycles. The molecule has 1 fully saturated rings. The minimum atomic E-state index is -0.152. The predicted molar refractivity (Wildman–Crippen MR) is 115 cm³/mol. The van der Waals surface area contributed by atoms with E-state index < -0.39 is 0 Å². The monoisotopic (exact) mass is 397 g/mol. The number of hydrogen-bond donors (Lipinski definition) is 0. The van der Waals surface area contributed by atoms with Gasteiger partial charge in [-0.3, -0.25) is 9.59 Å². The number of rotatable bonds is 3. The van der Waals surface area contributed by atoms with Crippen LogP contribution in [0.4, 0.5) is 0 Å². The smallest absolute Gasteiger partial charge is 0.215 e. The van der Waals surface area contributed by atoms with Gasteiger partial charge in [-0.15, -0.1) is 0 Å². The number of benzene rings is 2. The number of carbonyl (C=O) groups excluding carboxylic acids is 1. The number of ketones is 1. The number of fused-ring (bicyclic) bond motifs is 2. The molecule has 1 atom stereocenters. The van der Waals surface area contributed by atoms with E-state index in [0.717, 1.165) is 24.7 Å². The third-order valence-electron chi connectivity index (χ3n) is 5.20. The predicted octanol–water partition coefficient (Wildman–Crippen LogP) is 4.19. The van der Waals surface area contributed by atoms with Crippen LogP contribution in [-0.2, 0) is 15.6 Å². The van der Waals surface area contributed by atoms with Gasteiger partial charge in [0.05, 0.1) is 24.0 Å². The molecule has 4 rings (SSSR count). The standard InChI is InChI=1S/C23H25O4S/c1-23(2,3)22(28-12-10-26-11-13-28)20(24)15-8-9-19-17(14-15)21(25)16-6-4-5-7-18(16)27-19/h4-9,14,22H,10-13H2,1-3H3/q+1. The van der Waals surface area contributed by atoms with Crippen LogP contribution in [0.2, 0.25) is 0 Å². The van der Waals surface area contributed by atoms with Gasteiger partial charge in [0, 0.05) is 21.9 Å². The quantitative estimate of drug-likeness (QED) is 0.378. The molecule has 28 heavy (non-hydrogen) atoms. The van der Waals surface area contributed by atoms with E-state index in [1.54, 1.807) is 30.3 Å². The van der Waals surface area contributed by atoms with Gasteiger partial charge >= 0.3 is 0 Å². The molecule has 1 unspecified atom stereocenters. The molecule has 0 spiro atoms. The number of Topliss-reactive ketones (excluding diaryl/α,β-unsaturated/α-hetero) is 1. The lowest BCUT2D eigenvalue weighted by atomic mass is 9.87. The fourth-order valence-electron chi connectivity index (χ4n) is 3.92. The van der Waals surface area contributed by atoms with Crippen molar-refractivity contribution in [1.82, 2.24) is 0 Å². The molecule has 4 nitrogen and oxygen atoms in total. The largest absolute Gasteiger partial charge is 0.456 e. The molecular weight excluding hydrogens is 372 g/mol. The maximum absolute atomic E-state index is 13.5. The lowest BCUT2D eigenvalue weighted by Gasteiger charge is -2.31. The Balaban J connectivity index is 1.80. The van der Waals surface area contributed by atoms with Crippen molar-refractivity contribution >= 4 is 38.6 Å². The minimum Gasteiger partial charge on any atom is -0.456 e. The summed E-state index contributed by atoms with van der Waals surface area (Å²) in [5, 5.41) is 0.923. The number of carbonyl (C=O) groups is 1. The van der Waals surface area contributed by atoms with E-state index in [2.05, 4.69) is 20.8 Å². The Morgan fingerprint density at radius 1 is 1.00 bits per heavy atom. The van der Waals surface area contributed by atoms with Gasteiger partial charge in [0.25, 0.3) is 0 Å². The summed E-state index contributed by atoms with van der Waals surface area (Å²) in [5.74, 6) is 1.97. The highest BCUT2D eigenvalue weighted by molar-refractivity contribution is 7.98. The minimum absolute atomic E-state index is 0.0199. The van der Waals surface area contributed by atoms with Gasteiger partial charge in [-0.05, 0) is 30.3 Å². The highest BCUT2D eigenvalue weighted by Gasteiger charge is 2.46. The van der Waals surface area contributed by atoms with Crippen LogP contribution in [-0.4, -0.2) is 35.8 Å². The van der Waals surface area contributed by atoms with Crippen LogP contribution in [0.15, 0.2) is 51.7 Å². The van der Waals surface area contributed by atoms with E-state index in [9.17, 15) is 9.59 Å². The summed E-state index contributed by atoms with van der Waals surface area (Å²) in [6.07, 6.45) is 0. The average Bonchev–Trinajstić information content (AvgIpc) is 2.68. The lowest BCUT2D eigenvalue weighted by molar-refractivity contribution is 0.0946. The van der Waals surface area contributed by atoms with Crippen LogP contribution in [0.1, 0.15) is 31.1 Å². The van der Waals surface area contributed by atoms with Crippen molar-refractivity contribution in [2.45, 2.75) is 26.0 Å². The zero-order valence-electron chi connectivity index (χ0n) is 16.5. The SMILES string of the molecule is CC(C)(C)C(C(=O)c1ccc2oc3ccccc3c(=O)c2c1)[S+]1CCOCC1. The van der Waals surface area contributed by atoms with E-state index in [1.807, 2.05) is 12.1 Å². The summed E-state index contributed by atoms with van der Waals surface area (Å²) in [6, 6.07) is 12.5. The van der Waals surface area contributed by atoms with E-state index in [-0.39, 0.29) is 32.8 Å². The van der Waals surface area contributed by atoms with Crippen molar-refractivity contribution in [2.75, 3.05) is 24.7 Å². The molecule has 0 radical (unpaired) electrons. The van der Waals surface area contributed by atoms with Crippen molar-refractivity contribution < 1.29 is 13.9 Å². The lowest BCUT2D eigenvalue weighted by Crippen LogP contribution is -2.47. The maximum atomic E-state index is 13.5. The van der Waals surface area contributed by atoms with Crippen molar-refractivity contribution in [3.63, 3.8) is 0 Å². The Morgan fingerprint density at radius 2 is 1.68 bits per heavy atom. The van der Waals surface area contributed by atoms with Gasteiger partial charge in [-0.2, -0.15) is 0 Å². The molecule has 0 N–H and O–H groups in total. The van der Waals surface area contributed by atoms with Crippen LogP contribution in [0, 0.1) is 5.41 Å². The zero-order chi connectivity index (χ0) is 19.9. The third-order valence-corrected chi connectivity index (χ3v) is 8.17. The second kappa shape index (κ2) is 7.37. The average molecular weight is 398 g/mol. The Morgan fingerprint density at radius 3 is 2.39 bits per heavy atom. The number of hydrogen-bond acceptors (Lipinski definition) is 4. The fourth-order valence-corrected chi connectivity index (χ4v) is 6.70. The summed E-state index contributed by atoms with van der Waals surface area (Å²) in [6.45, 7) is 7.81. The third kappa shape index (κ3) is 3.49. The summed E-state index contributed by atoms with van der Waals surface area (Å²) in [4.78, 5) is 26.5. The van der Waals surface area contributed by atoms with Crippen LogP contribution in [0.3, 0.4) is 0 Å². The van der Waals surface area contributed by atoms with Crippen LogP contribution >= 0.6 is 0 Å². The first-order valence-corrected chi connectivity index (χ1v) is 11.2. The topological polar surface area (TPSA) is 56.5 Å². The van der Waals surface area contributed by atoms with E-state index in [0.29, 0.717) is 27.5 Å². The molecule has 0 bridgehead atoms. The molecule has 146 valence electrons. The van der Waals surface area contributed by atoms with Crippen molar-refractivity contribution in [1.29, 1.82) is 0 Å². The molecule has 2 heterocycles. The summed E-state index contributed by atoms with van der Waals surface area (Å²) < 4.78 is 11.4. The Hall–Kier alpha value is -2.11. The van der Waals surface area contributed by atoms with Gasteiger partial charge in [0.1, 0.15) is 22.7 Å². The number of para-hydroxylation sites is 1. The van der Waals surface area contributed by atoms with E-state index in [4.69, 9.17) is 9.15 Å². The van der Waals surface area contributed by atoms with Crippen LogP contribution < -0.4 is 5.43 Å². The zero-order valence-corrected chi connectivity index (χ0v) is 17.3. The van der Waals surface area contributed by atoms with Crippen LogP contribution in [0.5, 0.6) is 0 Å². The molecule has 0 saturated carbocycles. The van der Waals surface area contributed by atoms with Gasteiger partial charge in [0.2, 0.25) is 11.2 Å². The summed E-state index contributed by atoms with van der Waals surface area (Å²) >= 11 is 0. The molecule has 2 aromatic carbocycles. The van der Waals surface area contributed by atoms with Crippen molar-refractivity contribution in [3.8, 4) is 0 Å². The Labute approximate surface area is 167 Å². The molecule has 0 aliphatic carbocycles. The molecule has 0 amide bonds. The molecular formula is C23H25O4S+. The second-order valence-corrected chi connectivity index (χ2v) is 10.7. The Bertz CT molecular complexity index is 1090. The first-order valence-electron chi connectivity index (χ1n) is 9.60.